The lowest BCUT2D eigenvalue weighted by Gasteiger charge is -2.22. The Bertz CT molecular complexity index is 678. The molecule has 138 valence electrons. The molecule has 0 spiro atoms. The van der Waals surface area contributed by atoms with Crippen LogP contribution in [0, 0.1) is 0 Å². The van der Waals surface area contributed by atoms with E-state index in [0.717, 1.165) is 24.1 Å². The minimum Gasteiger partial charge on any atom is -0.492 e. The normalized spacial score (nSPS) is 11.0. The van der Waals surface area contributed by atoms with Crippen molar-refractivity contribution in [3.63, 3.8) is 0 Å². The molecule has 0 radical (unpaired) electrons. The molecule has 1 heterocycles. The van der Waals surface area contributed by atoms with Crippen molar-refractivity contribution in [2.24, 2.45) is 12.0 Å². The standard InChI is InChI=1S/C16H23ClN6O.HI/c1-4-18-16(19-11-15-20-12-21-23(15)3)22(2)8-9-24-14-7-5-6-13(17)10-14;/h5-7,10,12H,4,8-9,11H2,1-3H3,(H,18,19);1H. The molecule has 0 aliphatic rings. The molecule has 0 saturated carbocycles. The van der Waals surface area contributed by atoms with Crippen LogP contribution >= 0.6 is 35.6 Å². The van der Waals surface area contributed by atoms with Crippen LogP contribution in [0.15, 0.2) is 35.6 Å². The Labute approximate surface area is 170 Å². The number of benzene rings is 1. The summed E-state index contributed by atoms with van der Waals surface area (Å²) < 4.78 is 7.44. The van der Waals surface area contributed by atoms with Gasteiger partial charge in [-0.1, -0.05) is 17.7 Å². The van der Waals surface area contributed by atoms with Crippen LogP contribution in [0.2, 0.25) is 5.02 Å². The summed E-state index contributed by atoms with van der Waals surface area (Å²) in [5, 5.41) is 7.98. The molecular weight excluding hydrogens is 455 g/mol. The number of rotatable bonds is 7. The molecule has 25 heavy (non-hydrogen) atoms. The molecule has 0 bridgehead atoms. The molecule has 0 saturated heterocycles. The summed E-state index contributed by atoms with van der Waals surface area (Å²) >= 11 is 5.95. The van der Waals surface area contributed by atoms with Crippen molar-refractivity contribution in [2.45, 2.75) is 13.5 Å². The fourth-order valence-corrected chi connectivity index (χ4v) is 2.22. The van der Waals surface area contributed by atoms with Crippen molar-refractivity contribution in [3.8, 4) is 5.75 Å². The van der Waals surface area contributed by atoms with Gasteiger partial charge in [0.15, 0.2) is 5.96 Å². The second-order valence-electron chi connectivity index (χ2n) is 5.20. The molecule has 2 aromatic rings. The molecule has 1 N–H and O–H groups in total. The van der Waals surface area contributed by atoms with Crippen molar-refractivity contribution in [1.29, 1.82) is 0 Å². The summed E-state index contributed by atoms with van der Waals surface area (Å²) in [4.78, 5) is 10.8. The van der Waals surface area contributed by atoms with Crippen molar-refractivity contribution >= 4 is 41.5 Å². The fourth-order valence-electron chi connectivity index (χ4n) is 2.04. The van der Waals surface area contributed by atoms with Crippen LogP contribution in [0.4, 0.5) is 0 Å². The van der Waals surface area contributed by atoms with Gasteiger partial charge in [-0.05, 0) is 25.1 Å². The third-order valence-electron chi connectivity index (χ3n) is 3.36. The van der Waals surface area contributed by atoms with E-state index < -0.39 is 0 Å². The number of aromatic nitrogens is 3. The predicted octanol–water partition coefficient (Wildman–Crippen LogP) is 2.56. The van der Waals surface area contributed by atoms with E-state index in [0.29, 0.717) is 24.7 Å². The molecule has 1 aromatic carbocycles. The Hall–Kier alpha value is -1.55. The van der Waals surface area contributed by atoms with Crippen molar-refractivity contribution in [3.05, 3.63) is 41.4 Å². The summed E-state index contributed by atoms with van der Waals surface area (Å²) in [6.07, 6.45) is 1.53. The van der Waals surface area contributed by atoms with Gasteiger partial charge in [-0.2, -0.15) is 5.10 Å². The summed E-state index contributed by atoms with van der Waals surface area (Å²) in [6.45, 7) is 4.52. The highest BCUT2D eigenvalue weighted by atomic mass is 127. The van der Waals surface area contributed by atoms with E-state index in [9.17, 15) is 0 Å². The Morgan fingerprint density at radius 1 is 1.44 bits per heavy atom. The van der Waals surface area contributed by atoms with Crippen LogP contribution in [0.1, 0.15) is 12.7 Å². The van der Waals surface area contributed by atoms with Gasteiger partial charge in [-0.25, -0.2) is 9.98 Å². The third kappa shape index (κ3) is 7.07. The van der Waals surface area contributed by atoms with Crippen LogP contribution in [-0.2, 0) is 13.6 Å². The third-order valence-corrected chi connectivity index (χ3v) is 3.60. The Balaban J connectivity index is 0.00000312. The molecule has 1 aromatic heterocycles. The first kappa shape index (κ1) is 21.5. The molecular formula is C16H24ClIN6O. The van der Waals surface area contributed by atoms with E-state index in [-0.39, 0.29) is 24.0 Å². The maximum Gasteiger partial charge on any atom is 0.194 e. The van der Waals surface area contributed by atoms with Crippen LogP contribution in [-0.4, -0.2) is 52.4 Å². The number of aliphatic imine (C=N–C) groups is 1. The first-order chi connectivity index (χ1) is 11.6. The zero-order valence-electron chi connectivity index (χ0n) is 14.6. The predicted molar refractivity (Wildman–Crippen MR) is 111 cm³/mol. The van der Waals surface area contributed by atoms with Gasteiger partial charge < -0.3 is 15.0 Å². The minimum absolute atomic E-state index is 0. The summed E-state index contributed by atoms with van der Waals surface area (Å²) in [6, 6.07) is 7.38. The van der Waals surface area contributed by atoms with E-state index in [2.05, 4.69) is 20.4 Å². The highest BCUT2D eigenvalue weighted by Gasteiger charge is 2.07. The largest absolute Gasteiger partial charge is 0.492 e. The Morgan fingerprint density at radius 2 is 2.24 bits per heavy atom. The van der Waals surface area contributed by atoms with E-state index >= 15 is 0 Å². The van der Waals surface area contributed by atoms with E-state index in [1.54, 1.807) is 10.7 Å². The molecule has 7 nitrogen and oxygen atoms in total. The second kappa shape index (κ2) is 11.1. The Morgan fingerprint density at radius 3 is 2.88 bits per heavy atom. The summed E-state index contributed by atoms with van der Waals surface area (Å²) in [7, 11) is 3.83. The molecule has 0 atom stereocenters. The molecule has 2 rings (SSSR count). The number of hydrogen-bond donors (Lipinski definition) is 1. The van der Waals surface area contributed by atoms with Gasteiger partial charge >= 0.3 is 0 Å². The van der Waals surface area contributed by atoms with Gasteiger partial charge in [-0.15, -0.1) is 24.0 Å². The maximum atomic E-state index is 5.95. The smallest absolute Gasteiger partial charge is 0.194 e. The first-order valence-electron chi connectivity index (χ1n) is 7.81. The van der Waals surface area contributed by atoms with Gasteiger partial charge in [0.2, 0.25) is 0 Å². The van der Waals surface area contributed by atoms with Crippen molar-refractivity contribution in [2.75, 3.05) is 26.7 Å². The van der Waals surface area contributed by atoms with Crippen LogP contribution in [0.3, 0.4) is 0 Å². The molecule has 0 amide bonds. The number of likely N-dealkylation sites (N-methyl/N-ethyl adjacent to an activating group) is 1. The molecule has 0 unspecified atom stereocenters. The lowest BCUT2D eigenvalue weighted by atomic mass is 10.3. The lowest BCUT2D eigenvalue weighted by molar-refractivity contribution is 0.281. The number of nitrogens with zero attached hydrogens (tertiary/aromatic N) is 5. The number of ether oxygens (including phenoxy) is 1. The Kier molecular flexibility index (Phi) is 9.58. The van der Waals surface area contributed by atoms with Gasteiger partial charge in [0.05, 0.1) is 6.54 Å². The highest BCUT2D eigenvalue weighted by molar-refractivity contribution is 14.0. The average Bonchev–Trinajstić information content (AvgIpc) is 2.96. The molecule has 0 aliphatic heterocycles. The van der Waals surface area contributed by atoms with Crippen LogP contribution in [0.25, 0.3) is 0 Å². The SMILES string of the molecule is CCNC(=NCc1ncnn1C)N(C)CCOc1cccc(Cl)c1.I. The molecule has 0 aliphatic carbocycles. The topological polar surface area (TPSA) is 67.6 Å². The zero-order valence-corrected chi connectivity index (χ0v) is 17.7. The number of halogens is 2. The van der Waals surface area contributed by atoms with Crippen molar-refractivity contribution in [1.82, 2.24) is 25.0 Å². The van der Waals surface area contributed by atoms with Gasteiger partial charge in [0, 0.05) is 25.7 Å². The summed E-state index contributed by atoms with van der Waals surface area (Å²) in [5.41, 5.74) is 0. The molecule has 0 fully saturated rings. The maximum absolute atomic E-state index is 5.95. The fraction of sp³-hybridized carbons (Fsp3) is 0.438. The quantitative estimate of drug-likeness (QED) is 0.376. The number of guanidine groups is 1. The van der Waals surface area contributed by atoms with Crippen molar-refractivity contribution < 1.29 is 4.74 Å². The summed E-state index contributed by atoms with van der Waals surface area (Å²) in [5.74, 6) is 2.38. The minimum atomic E-state index is 0. The van der Waals surface area contributed by atoms with Gasteiger partial charge in [0.1, 0.15) is 31.1 Å². The number of nitrogens with one attached hydrogen (secondary N) is 1. The van der Waals surface area contributed by atoms with Gasteiger partial charge in [0.25, 0.3) is 0 Å². The van der Waals surface area contributed by atoms with E-state index in [4.69, 9.17) is 16.3 Å². The van der Waals surface area contributed by atoms with Crippen LogP contribution in [0.5, 0.6) is 5.75 Å². The van der Waals surface area contributed by atoms with E-state index in [1.165, 1.54) is 6.33 Å². The number of hydrogen-bond acceptors (Lipinski definition) is 4. The molecule has 9 heteroatoms. The monoisotopic (exact) mass is 478 g/mol. The van der Waals surface area contributed by atoms with Gasteiger partial charge in [-0.3, -0.25) is 4.68 Å². The van der Waals surface area contributed by atoms with E-state index in [1.807, 2.05) is 44.1 Å². The first-order valence-corrected chi connectivity index (χ1v) is 8.18. The van der Waals surface area contributed by atoms with Crippen LogP contribution < -0.4 is 10.1 Å². The number of aryl methyl sites for hydroxylation is 1. The average molecular weight is 479 g/mol. The highest BCUT2D eigenvalue weighted by Crippen LogP contribution is 2.16. The second-order valence-corrected chi connectivity index (χ2v) is 5.63. The lowest BCUT2D eigenvalue weighted by Crippen LogP contribution is -2.40. The zero-order chi connectivity index (χ0) is 17.4.